The number of sulfonamides is 1. The monoisotopic (exact) mass is 288 g/mol. The van der Waals surface area contributed by atoms with Gasteiger partial charge >= 0.3 is 0 Å². The van der Waals surface area contributed by atoms with Crippen molar-refractivity contribution in [2.75, 3.05) is 27.2 Å². The van der Waals surface area contributed by atoms with E-state index in [1.807, 2.05) is 11.9 Å². The number of nitrogens with zero attached hydrogens (tertiary/aromatic N) is 1. The van der Waals surface area contributed by atoms with E-state index >= 15 is 0 Å². The van der Waals surface area contributed by atoms with Gasteiger partial charge in [-0.2, -0.15) is 0 Å². The van der Waals surface area contributed by atoms with E-state index < -0.39 is 15.8 Å². The van der Waals surface area contributed by atoms with Crippen LogP contribution in [0.5, 0.6) is 0 Å². The normalized spacial score (nSPS) is 24.8. The molecule has 2 atom stereocenters. The molecule has 0 aliphatic carbocycles. The molecule has 1 aromatic carbocycles. The summed E-state index contributed by atoms with van der Waals surface area (Å²) in [6.45, 7) is 1.22. The quantitative estimate of drug-likeness (QED) is 0.873. The number of methoxy groups -OCH3 is 1. The number of rotatable bonds is 4. The summed E-state index contributed by atoms with van der Waals surface area (Å²) in [6.07, 6.45) is -0.201. The van der Waals surface area contributed by atoms with Crippen molar-refractivity contribution in [2.24, 2.45) is 0 Å². The predicted molar refractivity (Wildman–Crippen MR) is 68.8 cm³/mol. The molecule has 19 heavy (non-hydrogen) atoms. The number of hydrogen-bond donors (Lipinski definition) is 1. The Balaban J connectivity index is 2.18. The zero-order chi connectivity index (χ0) is 14.0. The van der Waals surface area contributed by atoms with E-state index in [2.05, 4.69) is 4.72 Å². The van der Waals surface area contributed by atoms with Gasteiger partial charge in [-0.05, 0) is 25.2 Å². The van der Waals surface area contributed by atoms with Crippen LogP contribution in [0.1, 0.15) is 0 Å². The summed E-state index contributed by atoms with van der Waals surface area (Å²) in [5.74, 6) is -0.574. The van der Waals surface area contributed by atoms with E-state index in [0.717, 1.165) is 6.07 Å². The van der Waals surface area contributed by atoms with E-state index in [1.165, 1.54) is 18.2 Å². The average Bonchev–Trinajstić information content (AvgIpc) is 2.68. The lowest BCUT2D eigenvalue weighted by Gasteiger charge is -2.18. The minimum Gasteiger partial charge on any atom is -0.378 e. The first-order chi connectivity index (χ1) is 8.92. The number of likely N-dealkylation sites (tertiary alicyclic amines) is 1. The Kier molecular flexibility index (Phi) is 4.19. The maximum absolute atomic E-state index is 13.1. The number of likely N-dealkylation sites (N-methyl/N-ethyl adjacent to an activating group) is 1. The Hall–Kier alpha value is -1.02. The first-order valence-electron chi connectivity index (χ1n) is 5.91. The minimum atomic E-state index is -3.73. The lowest BCUT2D eigenvalue weighted by atomic mass is 10.2. The molecule has 7 heteroatoms. The van der Waals surface area contributed by atoms with E-state index in [4.69, 9.17) is 4.74 Å². The maximum Gasteiger partial charge on any atom is 0.241 e. The lowest BCUT2D eigenvalue weighted by Crippen LogP contribution is -2.43. The van der Waals surface area contributed by atoms with Crippen molar-refractivity contribution in [3.05, 3.63) is 30.1 Å². The van der Waals surface area contributed by atoms with Gasteiger partial charge in [-0.15, -0.1) is 0 Å². The molecule has 1 heterocycles. The number of halogens is 1. The molecule has 1 saturated heterocycles. The molecule has 0 aromatic heterocycles. The molecule has 1 aromatic rings. The Bertz CT molecular complexity index is 550. The van der Waals surface area contributed by atoms with Gasteiger partial charge in [0.25, 0.3) is 0 Å². The molecular weight excluding hydrogens is 271 g/mol. The van der Waals surface area contributed by atoms with Crippen molar-refractivity contribution < 1.29 is 17.5 Å². The molecule has 0 bridgehead atoms. The standard InChI is InChI=1S/C12H17FN2O3S/c1-15-7-11(12(8-15)18-2)14-19(16,17)10-5-3-4-9(13)6-10/h3-6,11-12,14H,7-8H2,1-2H3/t11-,12-/m0/s1. The Morgan fingerprint density at radius 2 is 2.16 bits per heavy atom. The van der Waals surface area contributed by atoms with E-state index in [1.54, 1.807) is 7.11 Å². The number of hydrogen-bond acceptors (Lipinski definition) is 4. The van der Waals surface area contributed by atoms with Crippen molar-refractivity contribution in [1.82, 2.24) is 9.62 Å². The summed E-state index contributed by atoms with van der Waals surface area (Å²) in [6, 6.07) is 4.62. The minimum absolute atomic E-state index is 0.0723. The summed E-state index contributed by atoms with van der Waals surface area (Å²) in [7, 11) is -0.289. The van der Waals surface area contributed by atoms with Crippen LogP contribution in [0.15, 0.2) is 29.2 Å². The highest BCUT2D eigenvalue weighted by Crippen LogP contribution is 2.16. The summed E-state index contributed by atoms with van der Waals surface area (Å²) >= 11 is 0. The molecule has 0 spiro atoms. The third-order valence-electron chi connectivity index (χ3n) is 3.16. The van der Waals surface area contributed by atoms with Crippen LogP contribution in [-0.2, 0) is 14.8 Å². The lowest BCUT2D eigenvalue weighted by molar-refractivity contribution is 0.0969. The summed E-state index contributed by atoms with van der Waals surface area (Å²) in [4.78, 5) is 1.91. The van der Waals surface area contributed by atoms with Gasteiger partial charge in [0, 0.05) is 20.2 Å². The van der Waals surface area contributed by atoms with Crippen LogP contribution in [0, 0.1) is 5.82 Å². The van der Waals surface area contributed by atoms with Gasteiger partial charge < -0.3 is 9.64 Å². The fourth-order valence-corrected chi connectivity index (χ4v) is 3.50. The van der Waals surface area contributed by atoms with Crippen molar-refractivity contribution in [3.8, 4) is 0 Å². The molecule has 2 rings (SSSR count). The van der Waals surface area contributed by atoms with E-state index in [9.17, 15) is 12.8 Å². The first-order valence-corrected chi connectivity index (χ1v) is 7.40. The molecular formula is C12H17FN2O3S. The topological polar surface area (TPSA) is 58.6 Å². The van der Waals surface area contributed by atoms with Crippen molar-refractivity contribution in [3.63, 3.8) is 0 Å². The fraction of sp³-hybridized carbons (Fsp3) is 0.500. The highest BCUT2D eigenvalue weighted by molar-refractivity contribution is 7.89. The Labute approximate surface area is 112 Å². The average molecular weight is 288 g/mol. The second-order valence-electron chi connectivity index (χ2n) is 4.68. The third kappa shape index (κ3) is 3.30. The highest BCUT2D eigenvalue weighted by Gasteiger charge is 2.34. The van der Waals surface area contributed by atoms with Gasteiger partial charge in [0.1, 0.15) is 5.82 Å². The number of ether oxygens (including phenoxy) is 1. The predicted octanol–water partition coefficient (Wildman–Crippen LogP) is 0.433. The van der Waals surface area contributed by atoms with Crippen LogP contribution in [0.25, 0.3) is 0 Å². The van der Waals surface area contributed by atoms with Crippen LogP contribution in [-0.4, -0.2) is 52.7 Å². The number of benzene rings is 1. The fourth-order valence-electron chi connectivity index (χ4n) is 2.22. The van der Waals surface area contributed by atoms with E-state index in [0.29, 0.717) is 13.1 Å². The smallest absolute Gasteiger partial charge is 0.241 e. The summed E-state index contributed by atoms with van der Waals surface area (Å²) in [5, 5.41) is 0. The largest absolute Gasteiger partial charge is 0.378 e. The van der Waals surface area contributed by atoms with Crippen molar-refractivity contribution in [1.29, 1.82) is 0 Å². The Morgan fingerprint density at radius 3 is 2.79 bits per heavy atom. The summed E-state index contributed by atoms with van der Waals surface area (Å²) < 4.78 is 45.2. The molecule has 0 radical (unpaired) electrons. The van der Waals surface area contributed by atoms with Crippen LogP contribution in [0.4, 0.5) is 4.39 Å². The second-order valence-corrected chi connectivity index (χ2v) is 6.39. The van der Waals surface area contributed by atoms with Gasteiger partial charge in [0.2, 0.25) is 10.0 Å². The van der Waals surface area contributed by atoms with Crippen molar-refractivity contribution in [2.45, 2.75) is 17.0 Å². The maximum atomic E-state index is 13.1. The van der Waals surface area contributed by atoms with Gasteiger partial charge in [-0.3, -0.25) is 0 Å². The van der Waals surface area contributed by atoms with Gasteiger partial charge in [0.05, 0.1) is 17.0 Å². The van der Waals surface area contributed by atoms with Gasteiger partial charge in [-0.25, -0.2) is 17.5 Å². The molecule has 0 amide bonds. The van der Waals surface area contributed by atoms with Gasteiger partial charge in [-0.1, -0.05) is 6.07 Å². The number of nitrogens with one attached hydrogen (secondary N) is 1. The summed E-state index contributed by atoms with van der Waals surface area (Å²) in [5.41, 5.74) is 0. The van der Waals surface area contributed by atoms with E-state index in [-0.39, 0.29) is 17.0 Å². The Morgan fingerprint density at radius 1 is 1.42 bits per heavy atom. The van der Waals surface area contributed by atoms with Gasteiger partial charge in [0.15, 0.2) is 0 Å². The molecule has 0 saturated carbocycles. The molecule has 5 nitrogen and oxygen atoms in total. The third-order valence-corrected chi connectivity index (χ3v) is 4.65. The molecule has 1 N–H and O–H groups in total. The SMILES string of the molecule is CO[C@H]1CN(C)C[C@@H]1NS(=O)(=O)c1cccc(F)c1. The van der Waals surface area contributed by atoms with Crippen LogP contribution in [0.2, 0.25) is 0 Å². The zero-order valence-electron chi connectivity index (χ0n) is 10.8. The van der Waals surface area contributed by atoms with Crippen molar-refractivity contribution >= 4 is 10.0 Å². The molecule has 106 valence electrons. The highest BCUT2D eigenvalue weighted by atomic mass is 32.2. The van der Waals surface area contributed by atoms with Crippen LogP contribution in [0.3, 0.4) is 0 Å². The second kappa shape index (κ2) is 5.54. The molecule has 1 aliphatic heterocycles. The molecule has 1 fully saturated rings. The first kappa shape index (κ1) is 14.4. The van der Waals surface area contributed by atoms with Crippen LogP contribution < -0.4 is 4.72 Å². The molecule has 0 unspecified atom stereocenters. The van der Waals surface area contributed by atoms with Crippen LogP contribution >= 0.6 is 0 Å². The zero-order valence-corrected chi connectivity index (χ0v) is 11.7. The molecule has 1 aliphatic rings.